The highest BCUT2D eigenvalue weighted by atomic mass is 16.3. The zero-order valence-electron chi connectivity index (χ0n) is 32.2. The third-order valence-corrected chi connectivity index (χ3v) is 15.4. The number of nitrogens with zero attached hydrogens (tertiary/aromatic N) is 1. The number of benzene rings is 1. The average Bonchev–Trinajstić information content (AvgIpc) is 3.00. The van der Waals surface area contributed by atoms with E-state index in [9.17, 15) is 19.5 Å². The van der Waals surface area contributed by atoms with Gasteiger partial charge < -0.3 is 15.3 Å². The van der Waals surface area contributed by atoms with Crippen molar-refractivity contribution in [2.45, 2.75) is 145 Å². The number of ketones is 1. The monoisotopic (exact) mass is 672 g/mol. The molecule has 5 aliphatic carbocycles. The van der Waals surface area contributed by atoms with E-state index in [-0.39, 0.29) is 74.7 Å². The predicted octanol–water partition coefficient (Wildman–Crippen LogP) is 8.27. The van der Waals surface area contributed by atoms with Crippen molar-refractivity contribution in [1.29, 1.82) is 0 Å². The number of aliphatic hydroxyl groups excluding tert-OH is 1. The molecule has 0 spiro atoms. The van der Waals surface area contributed by atoms with Crippen LogP contribution in [0, 0.1) is 50.2 Å². The largest absolute Gasteiger partial charge is 0.393 e. The van der Waals surface area contributed by atoms with Crippen LogP contribution in [0.25, 0.3) is 0 Å². The summed E-state index contributed by atoms with van der Waals surface area (Å²) in [4.78, 5) is 44.6. The second kappa shape index (κ2) is 11.8. The van der Waals surface area contributed by atoms with Crippen molar-refractivity contribution in [3.63, 3.8) is 0 Å². The topological polar surface area (TPSA) is 86.7 Å². The molecule has 1 aromatic rings. The smallest absolute Gasteiger partial charge is 0.240 e. The van der Waals surface area contributed by atoms with Crippen LogP contribution in [0.1, 0.15) is 133 Å². The van der Waals surface area contributed by atoms with Crippen LogP contribution in [0.15, 0.2) is 42.0 Å². The zero-order valence-corrected chi connectivity index (χ0v) is 32.2. The maximum Gasteiger partial charge on any atom is 0.240 e. The Morgan fingerprint density at radius 1 is 0.898 bits per heavy atom. The highest BCUT2D eigenvalue weighted by Gasteiger charge is 2.70. The van der Waals surface area contributed by atoms with Crippen LogP contribution in [0.2, 0.25) is 0 Å². The summed E-state index contributed by atoms with van der Waals surface area (Å²) in [7, 11) is 0. The molecule has 6 nitrogen and oxygen atoms in total. The molecule has 1 aromatic carbocycles. The van der Waals surface area contributed by atoms with E-state index >= 15 is 0 Å². The molecule has 6 rings (SSSR count). The zero-order chi connectivity index (χ0) is 36.0. The first kappa shape index (κ1) is 36.3. The number of aliphatic hydroxyl groups is 1. The van der Waals surface area contributed by atoms with Crippen molar-refractivity contribution in [2.24, 2.45) is 50.2 Å². The summed E-state index contributed by atoms with van der Waals surface area (Å²) in [6, 6.07) is 9.98. The quantitative estimate of drug-likeness (QED) is 0.330. The number of allylic oxidation sites excluding steroid dienone is 2. The molecular weight excluding hydrogens is 608 g/mol. The van der Waals surface area contributed by atoms with E-state index in [0.29, 0.717) is 18.9 Å². The van der Waals surface area contributed by atoms with Crippen molar-refractivity contribution >= 4 is 17.6 Å². The second-order valence-corrected chi connectivity index (χ2v) is 20.1. The number of rotatable bonds is 5. The van der Waals surface area contributed by atoms with E-state index in [2.05, 4.69) is 59.9 Å². The lowest BCUT2D eigenvalue weighted by atomic mass is 9.33. The lowest BCUT2D eigenvalue weighted by Gasteiger charge is -2.70. The molecular formula is C43H64N2O4. The van der Waals surface area contributed by atoms with Gasteiger partial charge in [0.15, 0.2) is 5.78 Å². The molecule has 49 heavy (non-hydrogen) atoms. The van der Waals surface area contributed by atoms with Gasteiger partial charge >= 0.3 is 0 Å². The highest BCUT2D eigenvalue weighted by molar-refractivity contribution is 5.96. The van der Waals surface area contributed by atoms with E-state index in [0.717, 1.165) is 56.9 Å². The Bertz CT molecular complexity index is 1530. The van der Waals surface area contributed by atoms with E-state index in [1.807, 2.05) is 51.1 Å². The fourth-order valence-corrected chi connectivity index (χ4v) is 12.4. The maximum absolute atomic E-state index is 14.8. The minimum absolute atomic E-state index is 0.0198. The van der Waals surface area contributed by atoms with Crippen molar-refractivity contribution < 1.29 is 19.5 Å². The van der Waals surface area contributed by atoms with Gasteiger partial charge in [0, 0.05) is 23.4 Å². The van der Waals surface area contributed by atoms with Crippen LogP contribution < -0.4 is 5.32 Å². The normalized spacial score (nSPS) is 41.3. The molecule has 0 heterocycles. The van der Waals surface area contributed by atoms with Crippen molar-refractivity contribution in [2.75, 3.05) is 6.54 Å². The summed E-state index contributed by atoms with van der Waals surface area (Å²) < 4.78 is 0. The first-order valence-corrected chi connectivity index (χ1v) is 19.2. The van der Waals surface area contributed by atoms with E-state index < -0.39 is 5.41 Å². The standard InChI is InChI=1S/C43H64N2O4/c1-37(2,3)44-34(48)27-45(26-28-14-12-11-13-15-28)36(49)40(7)21-20-39(6)22-23-42(9)29(30(39)25-40)24-31(46)35-41(8)18-17-33(47)38(4,5)32(41)16-19-43(35,42)10/h11-15,24,30,32-33,35,47H,16-23,25-27H2,1-10H3,(H,44,48)/t30-,32-,33-,35+,39+,40-,41-,42+,43+/m0/s1. The van der Waals surface area contributed by atoms with E-state index in [1.165, 1.54) is 5.57 Å². The minimum Gasteiger partial charge on any atom is -0.393 e. The highest BCUT2D eigenvalue weighted by Crippen LogP contribution is 2.75. The molecule has 0 unspecified atom stereocenters. The van der Waals surface area contributed by atoms with Crippen molar-refractivity contribution in [1.82, 2.24) is 10.2 Å². The second-order valence-electron chi connectivity index (χ2n) is 20.1. The van der Waals surface area contributed by atoms with Crippen LogP contribution >= 0.6 is 0 Å². The van der Waals surface area contributed by atoms with Crippen LogP contribution in [0.3, 0.4) is 0 Å². The van der Waals surface area contributed by atoms with E-state index in [4.69, 9.17) is 0 Å². The lowest BCUT2D eigenvalue weighted by molar-refractivity contribution is -0.202. The summed E-state index contributed by atoms with van der Waals surface area (Å²) in [5.74, 6) is 0.545. The molecule has 4 fully saturated rings. The van der Waals surface area contributed by atoms with Crippen LogP contribution in [-0.2, 0) is 20.9 Å². The maximum atomic E-state index is 14.8. The number of nitrogens with one attached hydrogen (secondary N) is 1. The SMILES string of the molecule is CC(C)(C)NC(=O)CN(Cc1ccccc1)C(=O)[C@@]1(C)CC[C@]2(C)CC[C@]3(C)C(=CC(=O)[C@@H]4[C@@]5(C)CC[C@H](O)C(C)(C)[C@@H]5CC[C@]43C)[C@@H]2C1. The summed E-state index contributed by atoms with van der Waals surface area (Å²) in [6.45, 7) is 22.5. The lowest BCUT2D eigenvalue weighted by Crippen LogP contribution is -2.66. The van der Waals surface area contributed by atoms with Gasteiger partial charge in [-0.3, -0.25) is 14.4 Å². The fourth-order valence-electron chi connectivity index (χ4n) is 12.4. The third-order valence-electron chi connectivity index (χ3n) is 15.4. The first-order chi connectivity index (χ1) is 22.6. The fraction of sp³-hybridized carbons (Fsp3) is 0.744. The molecule has 270 valence electrons. The summed E-state index contributed by atoms with van der Waals surface area (Å²) in [5, 5.41) is 14.1. The number of carbonyl (C=O) groups excluding carboxylic acids is 3. The molecule has 0 radical (unpaired) electrons. The molecule has 2 amide bonds. The van der Waals surface area contributed by atoms with Gasteiger partial charge in [0.1, 0.15) is 0 Å². The Balaban J connectivity index is 1.35. The van der Waals surface area contributed by atoms with Gasteiger partial charge in [0.05, 0.1) is 12.6 Å². The average molecular weight is 673 g/mol. The molecule has 2 N–H and O–H groups in total. The number of fused-ring (bicyclic) bond motifs is 7. The van der Waals surface area contributed by atoms with Crippen LogP contribution in [-0.4, -0.2) is 45.8 Å². The van der Waals surface area contributed by atoms with Gasteiger partial charge in [0.2, 0.25) is 11.8 Å². The van der Waals surface area contributed by atoms with Crippen LogP contribution in [0.4, 0.5) is 0 Å². The van der Waals surface area contributed by atoms with Crippen LogP contribution in [0.5, 0.6) is 0 Å². The molecule has 0 bridgehead atoms. The molecule has 9 atom stereocenters. The van der Waals surface area contributed by atoms with Crippen molar-refractivity contribution in [3.8, 4) is 0 Å². The summed E-state index contributed by atoms with van der Waals surface area (Å²) in [5.41, 5.74) is 0.612. The Labute approximate surface area is 296 Å². The van der Waals surface area contributed by atoms with Crippen molar-refractivity contribution in [3.05, 3.63) is 47.5 Å². The van der Waals surface area contributed by atoms with Gasteiger partial charge in [-0.15, -0.1) is 0 Å². The predicted molar refractivity (Wildman–Crippen MR) is 195 cm³/mol. The summed E-state index contributed by atoms with van der Waals surface area (Å²) >= 11 is 0. The number of hydrogen-bond acceptors (Lipinski definition) is 4. The first-order valence-electron chi connectivity index (χ1n) is 19.2. The van der Waals surface area contributed by atoms with Gasteiger partial charge in [-0.05, 0) is 129 Å². The molecule has 6 heteroatoms. The van der Waals surface area contributed by atoms with Gasteiger partial charge in [-0.1, -0.05) is 84.4 Å². The van der Waals surface area contributed by atoms with Gasteiger partial charge in [-0.25, -0.2) is 0 Å². The van der Waals surface area contributed by atoms with Gasteiger partial charge in [0.25, 0.3) is 0 Å². The Kier molecular flexibility index (Phi) is 8.74. The summed E-state index contributed by atoms with van der Waals surface area (Å²) in [6.07, 6.45) is 9.98. The third kappa shape index (κ3) is 5.75. The molecule has 4 saturated carbocycles. The van der Waals surface area contributed by atoms with E-state index in [1.54, 1.807) is 4.90 Å². The van der Waals surface area contributed by atoms with Gasteiger partial charge in [-0.2, -0.15) is 0 Å². The molecule has 0 aromatic heterocycles. The minimum atomic E-state index is -0.645. The molecule has 5 aliphatic rings. The Hall–Kier alpha value is -2.47. The molecule has 0 aliphatic heterocycles. The number of carbonyl (C=O) groups is 3. The number of hydrogen-bond donors (Lipinski definition) is 2. The Morgan fingerprint density at radius 3 is 2.20 bits per heavy atom. The molecule has 0 saturated heterocycles. The Morgan fingerprint density at radius 2 is 1.55 bits per heavy atom. The number of amides is 2.